The average molecular weight is 378 g/mol. The lowest BCUT2D eigenvalue weighted by Gasteiger charge is -2.21. The smallest absolute Gasteiger partial charge is 0.371 e. The predicted octanol–water partition coefficient (Wildman–Crippen LogP) is 2.31. The number of imide groups is 1. The van der Waals surface area contributed by atoms with Crippen LogP contribution in [0.1, 0.15) is 31.8 Å². The van der Waals surface area contributed by atoms with Gasteiger partial charge in [0.25, 0.3) is 11.8 Å². The first-order chi connectivity index (χ1) is 11.8. The molecule has 4 rings (SSSR count). The maximum atomic E-state index is 12.6. The van der Waals surface area contributed by atoms with Crippen molar-refractivity contribution in [1.29, 1.82) is 0 Å². The fraction of sp³-hybridized carbons (Fsp3) is 0.176. The number of rotatable bonds is 3. The van der Waals surface area contributed by atoms with Crippen molar-refractivity contribution >= 4 is 31.8 Å². The quantitative estimate of drug-likeness (QED) is 0.605. The van der Waals surface area contributed by atoms with Gasteiger partial charge in [0.05, 0.1) is 21.8 Å². The van der Waals surface area contributed by atoms with Crippen molar-refractivity contribution in [3.8, 4) is 5.75 Å². The van der Waals surface area contributed by atoms with Crippen LogP contribution in [0.25, 0.3) is 0 Å². The Bertz CT molecular complexity index is 982. The molecule has 25 heavy (non-hydrogen) atoms. The van der Waals surface area contributed by atoms with Gasteiger partial charge in [-0.25, -0.2) is 0 Å². The van der Waals surface area contributed by atoms with Crippen LogP contribution in [-0.2, 0) is 22.2 Å². The summed E-state index contributed by atoms with van der Waals surface area (Å²) in [6.45, 7) is 0. The van der Waals surface area contributed by atoms with Crippen LogP contribution < -0.4 is 4.18 Å². The van der Waals surface area contributed by atoms with E-state index in [-0.39, 0.29) is 23.6 Å². The zero-order valence-corrected chi connectivity index (χ0v) is 14.4. The molecule has 8 heteroatoms. The summed E-state index contributed by atoms with van der Waals surface area (Å²) in [5, 5.41) is 0. The normalized spacial score (nSPS) is 19.1. The molecule has 0 bridgehead atoms. The highest BCUT2D eigenvalue weighted by Crippen LogP contribution is 2.33. The number of carbonyl (C=O) groups excluding carboxylic acids is 2. The summed E-state index contributed by atoms with van der Waals surface area (Å²) in [7, 11) is 0.969. The molecule has 1 aliphatic carbocycles. The molecule has 0 N–H and O–H groups in total. The van der Waals surface area contributed by atoms with Crippen molar-refractivity contribution in [3.63, 3.8) is 0 Å². The Hall–Kier alpha value is -2.38. The van der Waals surface area contributed by atoms with Gasteiger partial charge in [-0.1, -0.05) is 18.2 Å². The molecular weight excluding hydrogens is 366 g/mol. The number of hydrogen-bond acceptors (Lipinski definition) is 5. The van der Waals surface area contributed by atoms with Crippen LogP contribution >= 0.6 is 10.7 Å². The lowest BCUT2D eigenvalue weighted by molar-refractivity contribution is 0.0590. The Morgan fingerprint density at radius 3 is 2.16 bits per heavy atom. The van der Waals surface area contributed by atoms with Gasteiger partial charge in [0.15, 0.2) is 0 Å². The molecular formula is C17H12ClNO5S. The highest BCUT2D eigenvalue weighted by Gasteiger charge is 2.41. The molecule has 0 saturated heterocycles. The second kappa shape index (κ2) is 5.57. The predicted molar refractivity (Wildman–Crippen MR) is 90.0 cm³/mol. The second-order valence-electron chi connectivity index (χ2n) is 5.99. The number of nitrogens with zero attached hydrogens (tertiary/aromatic N) is 1. The number of carbonyl (C=O) groups is 2. The zero-order chi connectivity index (χ0) is 17.8. The third kappa shape index (κ3) is 2.79. The summed E-state index contributed by atoms with van der Waals surface area (Å²) in [4.78, 5) is 26.5. The highest BCUT2D eigenvalue weighted by molar-refractivity contribution is 8.10. The number of fused-ring (bicyclic) bond motifs is 2. The first kappa shape index (κ1) is 16.1. The molecule has 1 unspecified atom stereocenters. The first-order valence-corrected chi connectivity index (χ1v) is 9.80. The molecule has 2 amide bonds. The third-order valence-electron chi connectivity index (χ3n) is 4.48. The van der Waals surface area contributed by atoms with Crippen LogP contribution in [0.2, 0.25) is 0 Å². The number of amides is 2. The summed E-state index contributed by atoms with van der Waals surface area (Å²) < 4.78 is 26.7. The van der Waals surface area contributed by atoms with E-state index in [4.69, 9.17) is 10.7 Å². The molecule has 0 spiro atoms. The van der Waals surface area contributed by atoms with E-state index in [1.165, 1.54) is 11.0 Å². The fourth-order valence-corrected chi connectivity index (χ4v) is 4.01. The number of hydrogen-bond donors (Lipinski definition) is 0. The molecule has 0 radical (unpaired) electrons. The van der Waals surface area contributed by atoms with Crippen LogP contribution in [-0.4, -0.2) is 31.2 Å². The zero-order valence-electron chi connectivity index (χ0n) is 12.8. The maximum Gasteiger partial charge on any atom is 0.401 e. The van der Waals surface area contributed by atoms with Gasteiger partial charge in [-0.3, -0.25) is 14.5 Å². The van der Waals surface area contributed by atoms with Gasteiger partial charge >= 0.3 is 9.33 Å². The van der Waals surface area contributed by atoms with Crippen molar-refractivity contribution in [2.45, 2.75) is 18.9 Å². The van der Waals surface area contributed by atoms with Crippen molar-refractivity contribution < 1.29 is 22.2 Å². The molecule has 128 valence electrons. The van der Waals surface area contributed by atoms with Gasteiger partial charge in [-0.2, -0.15) is 8.42 Å². The molecule has 6 nitrogen and oxygen atoms in total. The lowest BCUT2D eigenvalue weighted by atomic mass is 10.1. The van der Waals surface area contributed by atoms with Gasteiger partial charge in [-0.05, 0) is 48.2 Å². The van der Waals surface area contributed by atoms with E-state index in [0.717, 1.165) is 11.1 Å². The molecule has 2 aliphatic rings. The summed E-state index contributed by atoms with van der Waals surface area (Å²) in [5.74, 6) is -0.479. The van der Waals surface area contributed by atoms with Crippen molar-refractivity contribution in [1.82, 2.24) is 4.90 Å². The minimum absolute atomic E-state index is 0.108. The molecule has 0 fully saturated rings. The van der Waals surface area contributed by atoms with Crippen LogP contribution in [0.3, 0.4) is 0 Å². The van der Waals surface area contributed by atoms with E-state index in [1.807, 2.05) is 0 Å². The third-order valence-corrected chi connectivity index (χ3v) is 5.06. The molecule has 0 saturated carbocycles. The topological polar surface area (TPSA) is 80.8 Å². The highest BCUT2D eigenvalue weighted by atomic mass is 35.7. The van der Waals surface area contributed by atoms with E-state index in [0.29, 0.717) is 24.0 Å². The van der Waals surface area contributed by atoms with Gasteiger partial charge < -0.3 is 4.18 Å². The molecule has 1 heterocycles. The van der Waals surface area contributed by atoms with Gasteiger partial charge in [-0.15, -0.1) is 0 Å². The van der Waals surface area contributed by atoms with E-state index >= 15 is 0 Å². The Labute approximate surface area is 148 Å². The Morgan fingerprint density at radius 2 is 1.56 bits per heavy atom. The average Bonchev–Trinajstić information content (AvgIpc) is 3.05. The monoisotopic (exact) mass is 377 g/mol. The van der Waals surface area contributed by atoms with Crippen LogP contribution in [0.4, 0.5) is 0 Å². The van der Waals surface area contributed by atoms with Crippen LogP contribution in [0.15, 0.2) is 42.5 Å². The van der Waals surface area contributed by atoms with E-state index in [1.54, 1.807) is 36.4 Å². The fourth-order valence-electron chi connectivity index (χ4n) is 3.46. The maximum absolute atomic E-state index is 12.6. The van der Waals surface area contributed by atoms with E-state index < -0.39 is 9.33 Å². The Kier molecular flexibility index (Phi) is 3.59. The first-order valence-electron chi connectivity index (χ1n) is 7.56. The second-order valence-corrected chi connectivity index (χ2v) is 8.08. The molecule has 1 atom stereocenters. The minimum Gasteiger partial charge on any atom is -0.371 e. The summed E-state index contributed by atoms with van der Waals surface area (Å²) in [6, 6.07) is 11.3. The molecule has 0 aromatic heterocycles. The Morgan fingerprint density at radius 1 is 0.960 bits per heavy atom. The van der Waals surface area contributed by atoms with Gasteiger partial charge in [0, 0.05) is 6.04 Å². The number of halogens is 1. The van der Waals surface area contributed by atoms with Crippen molar-refractivity contribution in [2.24, 2.45) is 0 Å². The Balaban J connectivity index is 1.60. The lowest BCUT2D eigenvalue weighted by Crippen LogP contribution is -2.40. The molecule has 1 aliphatic heterocycles. The minimum atomic E-state index is -4.12. The van der Waals surface area contributed by atoms with Crippen molar-refractivity contribution in [3.05, 3.63) is 64.7 Å². The van der Waals surface area contributed by atoms with Crippen molar-refractivity contribution in [2.75, 3.05) is 0 Å². The number of benzene rings is 2. The molecule has 2 aromatic carbocycles. The summed E-state index contributed by atoms with van der Waals surface area (Å²) in [6.07, 6.45) is 0.967. The van der Waals surface area contributed by atoms with Gasteiger partial charge in [0.2, 0.25) is 0 Å². The molecule has 2 aromatic rings. The largest absolute Gasteiger partial charge is 0.401 e. The standard InChI is InChI=1S/C17H12ClNO5S/c18-25(22,23)24-13-6-5-10-7-12(8-11(10)9-13)19-16(20)14-3-1-2-4-15(14)17(19)21/h1-6,9,12H,7-8H2. The van der Waals surface area contributed by atoms with E-state index in [2.05, 4.69) is 4.18 Å². The SMILES string of the molecule is O=C1c2ccccc2C(=O)N1C1Cc2ccc(OS(=O)(=O)Cl)cc2C1. The summed E-state index contributed by atoms with van der Waals surface area (Å²) >= 11 is 0. The van der Waals surface area contributed by atoms with E-state index in [9.17, 15) is 18.0 Å². The summed E-state index contributed by atoms with van der Waals surface area (Å²) in [5.41, 5.74) is 2.61. The van der Waals surface area contributed by atoms with Gasteiger partial charge in [0.1, 0.15) is 5.75 Å². The van der Waals surface area contributed by atoms with Crippen LogP contribution in [0, 0.1) is 0 Å². The van der Waals surface area contributed by atoms with Crippen LogP contribution in [0.5, 0.6) is 5.75 Å².